The zero-order valence-corrected chi connectivity index (χ0v) is 14.5. The van der Waals surface area contributed by atoms with Crippen LogP contribution in [-0.2, 0) is 4.79 Å². The van der Waals surface area contributed by atoms with Crippen LogP contribution in [0, 0.1) is 0 Å². The average molecular weight is 340 g/mol. The van der Waals surface area contributed by atoms with Gasteiger partial charge in [0, 0.05) is 19.8 Å². The molecule has 1 amide bonds. The molecule has 116 valence electrons. The molecule has 2 aromatic rings. The van der Waals surface area contributed by atoms with Gasteiger partial charge in [0.05, 0.1) is 10.6 Å². The van der Waals surface area contributed by atoms with Crippen molar-refractivity contribution in [2.45, 2.75) is 0 Å². The van der Waals surface area contributed by atoms with Crippen LogP contribution in [0.1, 0.15) is 5.56 Å². The molecule has 1 aliphatic rings. The molecule has 5 heteroatoms. The van der Waals surface area contributed by atoms with Crippen LogP contribution >= 0.6 is 24.0 Å². The lowest BCUT2D eigenvalue weighted by atomic mass is 10.2. The van der Waals surface area contributed by atoms with Crippen molar-refractivity contribution in [3.05, 3.63) is 65.1 Å². The number of thiocarbonyl (C=S) groups is 1. The van der Waals surface area contributed by atoms with Crippen LogP contribution in [0.25, 0.3) is 6.08 Å². The Bertz CT molecular complexity index is 767. The first kappa shape index (κ1) is 15.8. The van der Waals surface area contributed by atoms with E-state index < -0.39 is 0 Å². The van der Waals surface area contributed by atoms with Crippen molar-refractivity contribution in [2.24, 2.45) is 0 Å². The summed E-state index contributed by atoms with van der Waals surface area (Å²) in [6.45, 7) is 0. The second-order valence-electron chi connectivity index (χ2n) is 5.34. The molecule has 1 aliphatic heterocycles. The topological polar surface area (TPSA) is 23.6 Å². The van der Waals surface area contributed by atoms with Gasteiger partial charge < -0.3 is 4.90 Å². The summed E-state index contributed by atoms with van der Waals surface area (Å²) in [5, 5.41) is 0. The first-order chi connectivity index (χ1) is 11.1. The Hall–Kier alpha value is -2.11. The van der Waals surface area contributed by atoms with E-state index in [9.17, 15) is 4.79 Å². The smallest absolute Gasteiger partial charge is 0.270 e. The number of carbonyl (C=O) groups excluding carboxylic acids is 1. The van der Waals surface area contributed by atoms with Crippen molar-refractivity contribution in [2.75, 3.05) is 23.9 Å². The Kier molecular flexibility index (Phi) is 4.50. The monoisotopic (exact) mass is 340 g/mol. The van der Waals surface area contributed by atoms with Gasteiger partial charge in [-0.15, -0.1) is 0 Å². The highest BCUT2D eigenvalue weighted by molar-refractivity contribution is 8.27. The molecule has 1 saturated heterocycles. The van der Waals surface area contributed by atoms with Crippen molar-refractivity contribution < 1.29 is 4.79 Å². The minimum atomic E-state index is -0.0668. The zero-order chi connectivity index (χ0) is 16.4. The number of anilines is 2. The molecular formula is C18H16N2OS2. The number of hydrogen-bond donors (Lipinski definition) is 0. The van der Waals surface area contributed by atoms with E-state index in [4.69, 9.17) is 12.2 Å². The van der Waals surface area contributed by atoms with Gasteiger partial charge in [-0.05, 0) is 35.9 Å². The summed E-state index contributed by atoms with van der Waals surface area (Å²) in [6.07, 6.45) is 1.89. The summed E-state index contributed by atoms with van der Waals surface area (Å²) in [6, 6.07) is 17.6. The summed E-state index contributed by atoms with van der Waals surface area (Å²) in [7, 11) is 4.00. The molecule has 0 saturated carbocycles. The Morgan fingerprint density at radius 2 is 1.70 bits per heavy atom. The summed E-state index contributed by atoms with van der Waals surface area (Å²) in [5.41, 5.74) is 2.92. The number of rotatable bonds is 3. The normalized spacial score (nSPS) is 16.3. The molecule has 0 spiro atoms. The van der Waals surface area contributed by atoms with Crippen LogP contribution in [0.3, 0.4) is 0 Å². The maximum absolute atomic E-state index is 12.6. The van der Waals surface area contributed by atoms with Crippen molar-refractivity contribution in [1.82, 2.24) is 0 Å². The number of amides is 1. The highest BCUT2D eigenvalue weighted by Crippen LogP contribution is 2.35. The highest BCUT2D eigenvalue weighted by Gasteiger charge is 2.33. The van der Waals surface area contributed by atoms with E-state index in [-0.39, 0.29) is 5.91 Å². The Labute approximate surface area is 145 Å². The first-order valence-corrected chi connectivity index (χ1v) is 8.39. The van der Waals surface area contributed by atoms with Crippen molar-refractivity contribution in [1.29, 1.82) is 0 Å². The third kappa shape index (κ3) is 3.30. The molecule has 1 heterocycles. The van der Waals surface area contributed by atoms with Gasteiger partial charge in [0.25, 0.3) is 5.91 Å². The molecule has 3 rings (SSSR count). The third-order valence-corrected chi connectivity index (χ3v) is 4.82. The minimum Gasteiger partial charge on any atom is -0.378 e. The number of thioether (sulfide) groups is 1. The van der Waals surface area contributed by atoms with Crippen molar-refractivity contribution >= 4 is 51.7 Å². The van der Waals surface area contributed by atoms with E-state index in [0.717, 1.165) is 16.9 Å². The lowest BCUT2D eigenvalue weighted by Crippen LogP contribution is -2.27. The summed E-state index contributed by atoms with van der Waals surface area (Å²) >= 11 is 6.71. The SMILES string of the molecule is CN(C)c1ccc(/C=C2/SC(=S)N(c3ccccc3)C2=O)cc1. The molecule has 1 fully saturated rings. The fourth-order valence-corrected chi connectivity index (χ4v) is 3.59. The molecule has 0 aromatic heterocycles. The van der Waals surface area contributed by atoms with Crippen LogP contribution < -0.4 is 9.80 Å². The molecule has 0 radical (unpaired) electrons. The van der Waals surface area contributed by atoms with E-state index in [0.29, 0.717) is 9.23 Å². The second kappa shape index (κ2) is 6.56. The first-order valence-electron chi connectivity index (χ1n) is 7.16. The average Bonchev–Trinajstić information content (AvgIpc) is 2.82. The molecule has 0 N–H and O–H groups in total. The van der Waals surface area contributed by atoms with Crippen molar-refractivity contribution in [3.8, 4) is 0 Å². The van der Waals surface area contributed by atoms with Crippen LogP contribution in [0.4, 0.5) is 11.4 Å². The summed E-state index contributed by atoms with van der Waals surface area (Å²) in [5.74, 6) is -0.0668. The second-order valence-corrected chi connectivity index (χ2v) is 7.01. The summed E-state index contributed by atoms with van der Waals surface area (Å²) < 4.78 is 0.567. The molecular weight excluding hydrogens is 324 g/mol. The number of para-hydroxylation sites is 1. The van der Waals surface area contributed by atoms with E-state index >= 15 is 0 Å². The maximum Gasteiger partial charge on any atom is 0.270 e. The largest absolute Gasteiger partial charge is 0.378 e. The lowest BCUT2D eigenvalue weighted by molar-refractivity contribution is -0.113. The zero-order valence-electron chi connectivity index (χ0n) is 12.9. The number of carbonyl (C=O) groups is 1. The van der Waals surface area contributed by atoms with Gasteiger partial charge >= 0.3 is 0 Å². The molecule has 0 aliphatic carbocycles. The molecule has 2 aromatic carbocycles. The van der Waals surface area contributed by atoms with Crippen LogP contribution in [0.15, 0.2) is 59.5 Å². The van der Waals surface area contributed by atoms with Gasteiger partial charge in [-0.1, -0.05) is 54.3 Å². The fraction of sp³-hybridized carbons (Fsp3) is 0.111. The summed E-state index contributed by atoms with van der Waals surface area (Å²) in [4.78, 5) is 16.9. The van der Waals surface area contributed by atoms with Gasteiger partial charge in [0.15, 0.2) is 4.32 Å². The van der Waals surface area contributed by atoms with Gasteiger partial charge in [0.2, 0.25) is 0 Å². The lowest BCUT2D eigenvalue weighted by Gasteiger charge is -2.13. The Morgan fingerprint density at radius 3 is 2.30 bits per heavy atom. The number of hydrogen-bond acceptors (Lipinski definition) is 4. The fourth-order valence-electron chi connectivity index (χ4n) is 2.29. The Balaban J connectivity index is 1.87. The predicted octanol–water partition coefficient (Wildman–Crippen LogP) is 4.16. The van der Waals surface area contributed by atoms with Crippen LogP contribution in [0.5, 0.6) is 0 Å². The molecule has 3 nitrogen and oxygen atoms in total. The molecule has 0 bridgehead atoms. The van der Waals surface area contributed by atoms with Gasteiger partial charge in [0.1, 0.15) is 0 Å². The van der Waals surface area contributed by atoms with Crippen molar-refractivity contribution in [3.63, 3.8) is 0 Å². The predicted molar refractivity (Wildman–Crippen MR) is 103 cm³/mol. The number of nitrogens with zero attached hydrogens (tertiary/aromatic N) is 2. The molecule has 0 unspecified atom stereocenters. The van der Waals surface area contributed by atoms with Gasteiger partial charge in [-0.3, -0.25) is 9.69 Å². The van der Waals surface area contributed by atoms with Crippen LogP contribution in [0.2, 0.25) is 0 Å². The maximum atomic E-state index is 12.6. The third-order valence-electron chi connectivity index (χ3n) is 3.52. The minimum absolute atomic E-state index is 0.0668. The van der Waals surface area contributed by atoms with E-state index in [2.05, 4.69) is 0 Å². The number of benzene rings is 2. The van der Waals surface area contributed by atoms with E-state index in [1.54, 1.807) is 4.90 Å². The van der Waals surface area contributed by atoms with E-state index in [1.165, 1.54) is 11.8 Å². The Morgan fingerprint density at radius 1 is 1.04 bits per heavy atom. The quantitative estimate of drug-likeness (QED) is 0.618. The molecule has 23 heavy (non-hydrogen) atoms. The van der Waals surface area contributed by atoms with Gasteiger partial charge in [-0.25, -0.2) is 0 Å². The highest BCUT2D eigenvalue weighted by atomic mass is 32.2. The van der Waals surface area contributed by atoms with Crippen LogP contribution in [-0.4, -0.2) is 24.3 Å². The van der Waals surface area contributed by atoms with Gasteiger partial charge in [-0.2, -0.15) is 0 Å². The standard InChI is InChI=1S/C18H16N2OS2/c1-19(2)14-10-8-13(9-11-14)12-16-17(21)20(18(22)23-16)15-6-4-3-5-7-15/h3-12H,1-2H3/b16-12+. The molecule has 0 atom stereocenters. The van der Waals surface area contributed by atoms with E-state index in [1.807, 2.05) is 79.7 Å².